The van der Waals surface area contributed by atoms with E-state index < -0.39 is 9.84 Å². The summed E-state index contributed by atoms with van der Waals surface area (Å²) in [6, 6.07) is 7.10. The van der Waals surface area contributed by atoms with Crippen LogP contribution in [0, 0.1) is 6.92 Å². The van der Waals surface area contributed by atoms with Crippen molar-refractivity contribution in [1.82, 2.24) is 4.90 Å². The van der Waals surface area contributed by atoms with Crippen LogP contribution in [0.3, 0.4) is 0 Å². The van der Waals surface area contributed by atoms with Crippen molar-refractivity contribution >= 4 is 27.3 Å². The molecule has 1 unspecified atom stereocenters. The van der Waals surface area contributed by atoms with Crippen LogP contribution >= 0.6 is 0 Å². The molecule has 132 valence electrons. The molecule has 2 amide bonds. The molecule has 2 rings (SSSR count). The highest BCUT2D eigenvalue weighted by molar-refractivity contribution is 7.91. The topological polar surface area (TPSA) is 74.8 Å². The van der Waals surface area contributed by atoms with Crippen molar-refractivity contribution in [3.63, 3.8) is 0 Å². The molecule has 6 nitrogen and oxygen atoms in total. The van der Waals surface area contributed by atoms with Gasteiger partial charge in [-0.15, -0.1) is 0 Å². The number of amides is 2. The lowest BCUT2D eigenvalue weighted by molar-refractivity contribution is -0.132. The number of hydrogen-bond acceptors (Lipinski definition) is 4. The number of carbonyl (C=O) groups excluding carboxylic acids is 2. The van der Waals surface area contributed by atoms with Crippen molar-refractivity contribution in [2.75, 3.05) is 29.5 Å². The lowest BCUT2D eigenvalue weighted by atomic mass is 10.1. The summed E-state index contributed by atoms with van der Waals surface area (Å²) in [4.78, 5) is 27.8. The molecule has 0 N–H and O–H groups in total. The van der Waals surface area contributed by atoms with Gasteiger partial charge in [-0.1, -0.05) is 18.2 Å². The Kier molecular flexibility index (Phi) is 5.64. The van der Waals surface area contributed by atoms with Crippen molar-refractivity contribution in [2.24, 2.45) is 0 Å². The van der Waals surface area contributed by atoms with Crippen LogP contribution in [0.15, 0.2) is 24.3 Å². The smallest absolute Gasteiger partial charge is 0.242 e. The quantitative estimate of drug-likeness (QED) is 0.802. The standard InChI is InChI=1S/C17H24N2O4S/c1-4-18(15-9-10-24(22,23)12-15)17(21)11-19(14(3)20)16-8-6-5-7-13(16)2/h5-8,15H,4,9-12H2,1-3H3. The second-order valence-corrected chi connectivity index (χ2v) is 8.36. The molecule has 0 bridgehead atoms. The zero-order valence-electron chi connectivity index (χ0n) is 14.4. The van der Waals surface area contributed by atoms with Gasteiger partial charge in [-0.2, -0.15) is 0 Å². The average molecular weight is 352 g/mol. The van der Waals surface area contributed by atoms with E-state index in [1.54, 1.807) is 11.0 Å². The Balaban J connectivity index is 2.18. The SMILES string of the molecule is CCN(C(=O)CN(C(C)=O)c1ccccc1C)C1CCS(=O)(=O)C1. The highest BCUT2D eigenvalue weighted by Gasteiger charge is 2.34. The van der Waals surface area contributed by atoms with E-state index in [2.05, 4.69) is 0 Å². The van der Waals surface area contributed by atoms with Crippen LogP contribution in [0.1, 0.15) is 25.8 Å². The predicted molar refractivity (Wildman–Crippen MR) is 93.7 cm³/mol. The summed E-state index contributed by atoms with van der Waals surface area (Å²) in [5, 5.41) is 0. The lowest BCUT2D eigenvalue weighted by Crippen LogP contribution is -2.47. The van der Waals surface area contributed by atoms with Gasteiger partial charge in [-0.25, -0.2) is 8.42 Å². The first-order valence-corrected chi connectivity index (χ1v) is 9.91. The third kappa shape index (κ3) is 4.14. The van der Waals surface area contributed by atoms with Gasteiger partial charge >= 0.3 is 0 Å². The van der Waals surface area contributed by atoms with Gasteiger partial charge in [0.25, 0.3) is 0 Å². The lowest BCUT2D eigenvalue weighted by Gasteiger charge is -2.30. The fraction of sp³-hybridized carbons (Fsp3) is 0.529. The third-order valence-electron chi connectivity index (χ3n) is 4.39. The van der Waals surface area contributed by atoms with Crippen LogP contribution in [-0.4, -0.2) is 55.8 Å². The molecule has 1 aromatic rings. The molecule has 1 aliphatic rings. The summed E-state index contributed by atoms with van der Waals surface area (Å²) in [5.41, 5.74) is 1.61. The highest BCUT2D eigenvalue weighted by Crippen LogP contribution is 2.22. The van der Waals surface area contributed by atoms with Gasteiger partial charge in [0.15, 0.2) is 9.84 Å². The van der Waals surface area contributed by atoms with Crippen molar-refractivity contribution < 1.29 is 18.0 Å². The number of rotatable bonds is 5. The Labute approximate surface area is 143 Å². The molecular weight excluding hydrogens is 328 g/mol. The molecule has 1 atom stereocenters. The van der Waals surface area contributed by atoms with E-state index in [-0.39, 0.29) is 35.9 Å². The molecule has 1 aliphatic heterocycles. The number of anilines is 1. The molecular formula is C17H24N2O4S. The van der Waals surface area contributed by atoms with E-state index >= 15 is 0 Å². The summed E-state index contributed by atoms with van der Waals surface area (Å²) in [6.07, 6.45) is 0.465. The number of sulfone groups is 1. The molecule has 7 heteroatoms. The fourth-order valence-corrected chi connectivity index (χ4v) is 4.85. The molecule has 0 saturated carbocycles. The maximum atomic E-state index is 12.7. The van der Waals surface area contributed by atoms with Gasteiger partial charge in [0.1, 0.15) is 6.54 Å². The van der Waals surface area contributed by atoms with E-state index in [1.165, 1.54) is 11.8 Å². The zero-order valence-corrected chi connectivity index (χ0v) is 15.2. The van der Waals surface area contributed by atoms with Gasteiger partial charge in [-0.05, 0) is 31.9 Å². The number of nitrogens with zero attached hydrogens (tertiary/aromatic N) is 2. The first-order valence-electron chi connectivity index (χ1n) is 8.08. The number of likely N-dealkylation sites (N-methyl/N-ethyl adjacent to an activating group) is 1. The molecule has 0 spiro atoms. The Morgan fingerprint density at radius 1 is 1.25 bits per heavy atom. The largest absolute Gasteiger partial charge is 0.337 e. The Morgan fingerprint density at radius 2 is 1.92 bits per heavy atom. The van der Waals surface area contributed by atoms with Crippen molar-refractivity contribution in [3.8, 4) is 0 Å². The zero-order chi connectivity index (χ0) is 17.9. The molecule has 1 heterocycles. The first-order chi connectivity index (χ1) is 11.2. The second kappa shape index (κ2) is 7.34. The summed E-state index contributed by atoms with van der Waals surface area (Å²) in [6.45, 7) is 5.49. The summed E-state index contributed by atoms with van der Waals surface area (Å²) < 4.78 is 23.4. The van der Waals surface area contributed by atoms with Crippen LogP contribution < -0.4 is 4.90 Å². The van der Waals surface area contributed by atoms with Crippen molar-refractivity contribution in [3.05, 3.63) is 29.8 Å². The van der Waals surface area contributed by atoms with E-state index in [4.69, 9.17) is 0 Å². The maximum Gasteiger partial charge on any atom is 0.242 e. The summed E-state index contributed by atoms with van der Waals surface area (Å²) in [7, 11) is -3.06. The van der Waals surface area contributed by atoms with E-state index in [1.807, 2.05) is 32.0 Å². The van der Waals surface area contributed by atoms with Gasteiger partial charge in [0.2, 0.25) is 11.8 Å². The van der Waals surface area contributed by atoms with Crippen molar-refractivity contribution in [1.29, 1.82) is 0 Å². The van der Waals surface area contributed by atoms with Crippen LogP contribution in [0.25, 0.3) is 0 Å². The molecule has 24 heavy (non-hydrogen) atoms. The van der Waals surface area contributed by atoms with E-state index in [0.29, 0.717) is 18.7 Å². The van der Waals surface area contributed by atoms with Gasteiger partial charge in [0.05, 0.1) is 11.5 Å². The molecule has 0 radical (unpaired) electrons. The summed E-state index contributed by atoms with van der Waals surface area (Å²) in [5.74, 6) is -0.307. The number of hydrogen-bond donors (Lipinski definition) is 0. The number of benzene rings is 1. The highest BCUT2D eigenvalue weighted by atomic mass is 32.2. The second-order valence-electron chi connectivity index (χ2n) is 6.13. The number of carbonyl (C=O) groups is 2. The minimum Gasteiger partial charge on any atom is -0.337 e. The van der Waals surface area contributed by atoms with Gasteiger partial charge in [-0.3, -0.25) is 9.59 Å². The Morgan fingerprint density at radius 3 is 2.42 bits per heavy atom. The minimum absolute atomic E-state index is 0.0109. The van der Waals surface area contributed by atoms with Crippen LogP contribution in [0.5, 0.6) is 0 Å². The monoisotopic (exact) mass is 352 g/mol. The van der Waals surface area contributed by atoms with E-state index in [0.717, 1.165) is 5.56 Å². The molecule has 1 saturated heterocycles. The predicted octanol–water partition coefficient (Wildman–Crippen LogP) is 1.38. The fourth-order valence-electron chi connectivity index (χ4n) is 3.12. The molecule has 1 aromatic carbocycles. The maximum absolute atomic E-state index is 12.7. The number of para-hydroxylation sites is 1. The Hall–Kier alpha value is -1.89. The van der Waals surface area contributed by atoms with Crippen LogP contribution in [0.4, 0.5) is 5.69 Å². The average Bonchev–Trinajstić information content (AvgIpc) is 2.86. The summed E-state index contributed by atoms with van der Waals surface area (Å²) >= 11 is 0. The van der Waals surface area contributed by atoms with Crippen molar-refractivity contribution in [2.45, 2.75) is 33.2 Å². The third-order valence-corrected chi connectivity index (χ3v) is 6.14. The number of aryl methyl sites for hydroxylation is 1. The van der Waals surface area contributed by atoms with Gasteiger partial charge < -0.3 is 9.80 Å². The minimum atomic E-state index is -3.06. The van der Waals surface area contributed by atoms with Crippen LogP contribution in [0.2, 0.25) is 0 Å². The molecule has 0 aromatic heterocycles. The van der Waals surface area contributed by atoms with Gasteiger partial charge in [0, 0.05) is 25.2 Å². The normalized spacial score (nSPS) is 19.0. The molecule has 0 aliphatic carbocycles. The Bertz CT molecular complexity index is 730. The first kappa shape index (κ1) is 18.4. The van der Waals surface area contributed by atoms with E-state index in [9.17, 15) is 18.0 Å². The molecule has 1 fully saturated rings. The van der Waals surface area contributed by atoms with Crippen LogP contribution in [-0.2, 0) is 19.4 Å².